The summed E-state index contributed by atoms with van der Waals surface area (Å²) in [4.78, 5) is 0.242. The zero-order valence-electron chi connectivity index (χ0n) is 8.98. The van der Waals surface area contributed by atoms with Crippen molar-refractivity contribution in [2.75, 3.05) is 6.26 Å². The van der Waals surface area contributed by atoms with Gasteiger partial charge in [-0.1, -0.05) is 17.7 Å². The summed E-state index contributed by atoms with van der Waals surface area (Å²) >= 11 is 6.02. The first kappa shape index (κ1) is 10.6. The molecule has 0 amide bonds. The van der Waals surface area contributed by atoms with Crippen LogP contribution >= 0.6 is 11.6 Å². The Labute approximate surface area is 101 Å². The lowest BCUT2D eigenvalue weighted by atomic mass is 10.0. The molecule has 2 fully saturated rings. The van der Waals surface area contributed by atoms with Gasteiger partial charge >= 0.3 is 0 Å². The highest BCUT2D eigenvalue weighted by atomic mass is 35.5. The Morgan fingerprint density at radius 1 is 1.25 bits per heavy atom. The van der Waals surface area contributed by atoms with E-state index in [4.69, 9.17) is 11.6 Å². The van der Waals surface area contributed by atoms with Gasteiger partial charge in [0.25, 0.3) is 0 Å². The maximum Gasteiger partial charge on any atom is 0.176 e. The Kier molecular flexibility index (Phi) is 2.14. The minimum absolute atomic E-state index is 0.242. The molecule has 2 atom stereocenters. The Bertz CT molecular complexity index is 540. The molecular formula is C12H13ClO2S. The second-order valence-electron chi connectivity index (χ2n) is 4.89. The van der Waals surface area contributed by atoms with E-state index in [0.29, 0.717) is 10.9 Å². The van der Waals surface area contributed by atoms with Crippen LogP contribution in [0.2, 0.25) is 5.02 Å². The normalized spacial score (nSPS) is 31.8. The van der Waals surface area contributed by atoms with E-state index in [1.54, 1.807) is 6.07 Å². The van der Waals surface area contributed by atoms with Gasteiger partial charge in [-0.3, -0.25) is 0 Å². The average molecular weight is 257 g/mol. The van der Waals surface area contributed by atoms with Crippen LogP contribution in [-0.4, -0.2) is 14.7 Å². The Balaban J connectivity index is 1.97. The van der Waals surface area contributed by atoms with Gasteiger partial charge in [-0.05, 0) is 48.3 Å². The molecule has 0 radical (unpaired) electrons. The first-order chi connectivity index (χ1) is 7.48. The summed E-state index contributed by atoms with van der Waals surface area (Å²) in [7, 11) is -3.20. The summed E-state index contributed by atoms with van der Waals surface area (Å²) in [5.74, 6) is 2.34. The summed E-state index contributed by atoms with van der Waals surface area (Å²) in [5, 5.41) is 0.367. The van der Waals surface area contributed by atoms with Crippen molar-refractivity contribution in [3.8, 4) is 0 Å². The maximum absolute atomic E-state index is 11.4. The number of hydrogen-bond donors (Lipinski definition) is 0. The molecule has 2 unspecified atom stereocenters. The van der Waals surface area contributed by atoms with E-state index in [1.165, 1.54) is 24.7 Å². The van der Waals surface area contributed by atoms with E-state index in [-0.39, 0.29) is 4.90 Å². The van der Waals surface area contributed by atoms with Gasteiger partial charge in [-0.15, -0.1) is 0 Å². The van der Waals surface area contributed by atoms with E-state index < -0.39 is 9.84 Å². The molecule has 2 nitrogen and oxygen atoms in total. The number of sulfone groups is 1. The molecule has 16 heavy (non-hydrogen) atoms. The fraction of sp³-hybridized carbons (Fsp3) is 0.500. The molecule has 0 heterocycles. The number of halogens is 1. The summed E-state index contributed by atoms with van der Waals surface area (Å²) < 4.78 is 22.8. The smallest absolute Gasteiger partial charge is 0.176 e. The molecule has 0 saturated heterocycles. The van der Waals surface area contributed by atoms with Crippen LogP contribution in [0.15, 0.2) is 23.1 Å². The van der Waals surface area contributed by atoms with Crippen molar-refractivity contribution in [3.63, 3.8) is 0 Å². The van der Waals surface area contributed by atoms with Crippen LogP contribution in [0.3, 0.4) is 0 Å². The lowest BCUT2D eigenvalue weighted by Crippen LogP contribution is -1.98. The van der Waals surface area contributed by atoms with Crippen LogP contribution in [0.1, 0.15) is 24.3 Å². The van der Waals surface area contributed by atoms with Crippen LogP contribution in [0.4, 0.5) is 0 Å². The largest absolute Gasteiger partial charge is 0.224 e. The standard InChI is InChI=1S/C12H13ClO2S/c1-16(14,15)11-5-2-7(6-10(11)13)12-8-3-4-9(8)12/h2,5-6,8-9,12H,3-4H2,1H3. The minimum atomic E-state index is -3.20. The van der Waals surface area contributed by atoms with Crippen molar-refractivity contribution in [2.45, 2.75) is 23.7 Å². The summed E-state index contributed by atoms with van der Waals surface area (Å²) in [6.07, 6.45) is 3.83. The Morgan fingerprint density at radius 2 is 1.88 bits per heavy atom. The molecule has 1 aromatic rings. The molecule has 0 spiro atoms. The minimum Gasteiger partial charge on any atom is -0.224 e. The molecule has 2 aliphatic carbocycles. The van der Waals surface area contributed by atoms with Gasteiger partial charge in [0.15, 0.2) is 9.84 Å². The van der Waals surface area contributed by atoms with Crippen LogP contribution in [0.25, 0.3) is 0 Å². The van der Waals surface area contributed by atoms with E-state index in [1.807, 2.05) is 12.1 Å². The van der Waals surface area contributed by atoms with Crippen molar-refractivity contribution >= 4 is 21.4 Å². The second-order valence-corrected chi connectivity index (χ2v) is 7.28. The van der Waals surface area contributed by atoms with Gasteiger partial charge in [0.2, 0.25) is 0 Å². The van der Waals surface area contributed by atoms with E-state index in [9.17, 15) is 8.42 Å². The Hall–Kier alpha value is -0.540. The molecule has 0 aromatic heterocycles. The average Bonchev–Trinajstić information content (AvgIpc) is 2.64. The van der Waals surface area contributed by atoms with Gasteiger partial charge in [0.1, 0.15) is 0 Å². The summed E-state index contributed by atoms with van der Waals surface area (Å²) in [6, 6.07) is 5.40. The fourth-order valence-corrected chi connectivity index (χ4v) is 4.21. The third-order valence-electron chi connectivity index (χ3n) is 3.91. The fourth-order valence-electron chi connectivity index (χ4n) is 2.88. The number of rotatable bonds is 2. The van der Waals surface area contributed by atoms with Crippen molar-refractivity contribution in [3.05, 3.63) is 28.8 Å². The van der Waals surface area contributed by atoms with Crippen LogP contribution in [-0.2, 0) is 9.84 Å². The molecule has 0 N–H and O–H groups in total. The molecule has 1 aromatic carbocycles. The number of hydrogen-bond acceptors (Lipinski definition) is 2. The molecule has 2 aliphatic rings. The molecule has 3 rings (SSSR count). The van der Waals surface area contributed by atoms with E-state index >= 15 is 0 Å². The van der Waals surface area contributed by atoms with Crippen molar-refractivity contribution < 1.29 is 8.42 Å². The number of fused-ring (bicyclic) bond motifs is 1. The third-order valence-corrected chi connectivity index (χ3v) is 5.48. The number of benzene rings is 1. The molecule has 86 valence electrons. The highest BCUT2D eigenvalue weighted by Gasteiger charge is 2.56. The molecule has 0 bridgehead atoms. The third kappa shape index (κ3) is 1.49. The lowest BCUT2D eigenvalue weighted by Gasteiger charge is -2.04. The zero-order valence-corrected chi connectivity index (χ0v) is 10.6. The van der Waals surface area contributed by atoms with Crippen molar-refractivity contribution in [1.29, 1.82) is 0 Å². The van der Waals surface area contributed by atoms with Crippen molar-refractivity contribution in [2.24, 2.45) is 11.8 Å². The molecule has 0 aliphatic heterocycles. The molecule has 2 saturated carbocycles. The van der Waals surface area contributed by atoms with Crippen LogP contribution < -0.4 is 0 Å². The van der Waals surface area contributed by atoms with E-state index in [0.717, 1.165) is 11.8 Å². The van der Waals surface area contributed by atoms with E-state index in [2.05, 4.69) is 0 Å². The molecular weight excluding hydrogens is 244 g/mol. The van der Waals surface area contributed by atoms with Crippen molar-refractivity contribution in [1.82, 2.24) is 0 Å². The maximum atomic E-state index is 11.4. The van der Waals surface area contributed by atoms with Gasteiger partial charge in [-0.25, -0.2) is 8.42 Å². The monoisotopic (exact) mass is 256 g/mol. The quantitative estimate of drug-likeness (QED) is 0.815. The van der Waals surface area contributed by atoms with Crippen LogP contribution in [0, 0.1) is 11.8 Å². The predicted molar refractivity (Wildman–Crippen MR) is 63.5 cm³/mol. The topological polar surface area (TPSA) is 34.1 Å². The lowest BCUT2D eigenvalue weighted by molar-refractivity contribution is 0.468. The van der Waals surface area contributed by atoms with Gasteiger partial charge in [0.05, 0.1) is 9.92 Å². The van der Waals surface area contributed by atoms with Gasteiger partial charge in [0, 0.05) is 6.26 Å². The highest BCUT2D eigenvalue weighted by Crippen LogP contribution is 2.66. The second kappa shape index (κ2) is 3.23. The molecule has 4 heteroatoms. The zero-order chi connectivity index (χ0) is 11.5. The first-order valence-electron chi connectivity index (χ1n) is 5.48. The summed E-state index contributed by atoms with van der Waals surface area (Å²) in [5.41, 5.74) is 1.21. The first-order valence-corrected chi connectivity index (χ1v) is 7.75. The van der Waals surface area contributed by atoms with Crippen LogP contribution in [0.5, 0.6) is 0 Å². The Morgan fingerprint density at radius 3 is 2.31 bits per heavy atom. The van der Waals surface area contributed by atoms with Gasteiger partial charge < -0.3 is 0 Å². The summed E-state index contributed by atoms with van der Waals surface area (Å²) in [6.45, 7) is 0. The predicted octanol–water partition coefficient (Wildman–Crippen LogP) is 2.87. The highest BCUT2D eigenvalue weighted by molar-refractivity contribution is 7.90. The van der Waals surface area contributed by atoms with Gasteiger partial charge in [-0.2, -0.15) is 0 Å². The SMILES string of the molecule is CS(=O)(=O)c1ccc(C2C3CCC32)cc1Cl.